The van der Waals surface area contributed by atoms with Gasteiger partial charge < -0.3 is 14.2 Å². The van der Waals surface area contributed by atoms with Crippen molar-refractivity contribution in [3.63, 3.8) is 0 Å². The summed E-state index contributed by atoms with van der Waals surface area (Å²) < 4.78 is 6.35. The molecule has 8 aromatic rings. The van der Waals surface area contributed by atoms with E-state index in [-0.39, 0.29) is 23.0 Å². The summed E-state index contributed by atoms with van der Waals surface area (Å²) in [6.07, 6.45) is 0. The van der Waals surface area contributed by atoms with Crippen molar-refractivity contribution in [1.82, 2.24) is 0 Å². The van der Waals surface area contributed by atoms with Crippen LogP contribution in [-0.4, -0.2) is 6.71 Å². The Kier molecular flexibility index (Phi) is 7.99. The van der Waals surface area contributed by atoms with Crippen LogP contribution in [0.3, 0.4) is 0 Å². The highest BCUT2D eigenvalue weighted by Crippen LogP contribution is 2.46. The van der Waals surface area contributed by atoms with Gasteiger partial charge in [0.05, 0.1) is 0 Å². The van der Waals surface area contributed by atoms with E-state index in [1.807, 2.05) is 12.1 Å². The molecule has 3 heterocycles. The van der Waals surface area contributed by atoms with Gasteiger partial charge in [0.25, 0.3) is 6.71 Å². The highest BCUT2D eigenvalue weighted by molar-refractivity contribution is 7.00. The van der Waals surface area contributed by atoms with Crippen molar-refractivity contribution in [3.8, 4) is 11.1 Å². The zero-order valence-corrected chi connectivity index (χ0v) is 35.2. The number of hydrogen-bond donors (Lipinski definition) is 0. The van der Waals surface area contributed by atoms with Gasteiger partial charge in [-0.3, -0.25) is 0 Å². The average Bonchev–Trinajstić information content (AvgIpc) is 3.57. The van der Waals surface area contributed by atoms with Gasteiger partial charge in [-0.05, 0) is 127 Å². The molecule has 10 rings (SSSR count). The molecule has 58 heavy (non-hydrogen) atoms. The number of rotatable bonds is 3. The molecule has 0 saturated heterocycles. The Morgan fingerprint density at radius 3 is 1.55 bits per heavy atom. The van der Waals surface area contributed by atoms with Gasteiger partial charge in [0.1, 0.15) is 11.2 Å². The van der Waals surface area contributed by atoms with Crippen LogP contribution in [0.5, 0.6) is 0 Å². The van der Waals surface area contributed by atoms with E-state index in [0.717, 1.165) is 38.8 Å². The molecule has 2 aliphatic rings. The first-order valence-corrected chi connectivity index (χ1v) is 20.8. The number of para-hydroxylation sites is 1. The van der Waals surface area contributed by atoms with Crippen molar-refractivity contribution in [2.75, 3.05) is 9.80 Å². The van der Waals surface area contributed by atoms with Crippen LogP contribution in [0.2, 0.25) is 0 Å². The lowest BCUT2D eigenvalue weighted by molar-refractivity contribution is 0.590. The van der Waals surface area contributed by atoms with Gasteiger partial charge in [0, 0.05) is 44.9 Å². The van der Waals surface area contributed by atoms with Crippen LogP contribution < -0.4 is 26.2 Å². The first kappa shape index (κ1) is 36.4. The molecule has 4 heteroatoms. The van der Waals surface area contributed by atoms with Crippen molar-refractivity contribution in [1.29, 1.82) is 0 Å². The Balaban J connectivity index is 1.21. The van der Waals surface area contributed by atoms with E-state index in [1.54, 1.807) is 0 Å². The van der Waals surface area contributed by atoms with E-state index >= 15 is 0 Å². The van der Waals surface area contributed by atoms with Crippen LogP contribution >= 0.6 is 0 Å². The Labute approximate surface area is 344 Å². The fourth-order valence-electron chi connectivity index (χ4n) is 9.27. The molecule has 1 aromatic heterocycles. The Morgan fingerprint density at radius 1 is 0.397 bits per heavy atom. The molecule has 0 spiro atoms. The van der Waals surface area contributed by atoms with Crippen LogP contribution in [0.1, 0.15) is 79.0 Å². The molecule has 0 unspecified atom stereocenters. The topological polar surface area (TPSA) is 19.6 Å². The van der Waals surface area contributed by atoms with Crippen LogP contribution in [-0.2, 0) is 16.2 Å². The van der Waals surface area contributed by atoms with E-state index < -0.39 is 0 Å². The lowest BCUT2D eigenvalue weighted by Crippen LogP contribution is -2.61. The molecule has 0 aliphatic carbocycles. The second-order valence-electron chi connectivity index (χ2n) is 19.5. The summed E-state index contributed by atoms with van der Waals surface area (Å²) in [5.74, 6) is 0. The zero-order chi connectivity index (χ0) is 40.3. The molecule has 7 aromatic carbocycles. The number of anilines is 6. The number of hydrogen-bond acceptors (Lipinski definition) is 3. The quantitative estimate of drug-likeness (QED) is 0.168. The molecule has 2 aliphatic heterocycles. The molecule has 3 nitrogen and oxygen atoms in total. The van der Waals surface area contributed by atoms with Crippen LogP contribution in [0.15, 0.2) is 150 Å². The molecule has 0 radical (unpaired) electrons. The maximum atomic E-state index is 6.35. The van der Waals surface area contributed by atoms with Crippen LogP contribution in [0.4, 0.5) is 34.1 Å². The summed E-state index contributed by atoms with van der Waals surface area (Å²) in [5, 5.41) is 2.29. The van der Waals surface area contributed by atoms with Gasteiger partial charge in [0.2, 0.25) is 0 Å². The van der Waals surface area contributed by atoms with E-state index in [2.05, 4.69) is 206 Å². The molecule has 0 bridgehead atoms. The minimum absolute atomic E-state index is 0.00335. The van der Waals surface area contributed by atoms with Gasteiger partial charge in [0.15, 0.2) is 0 Å². The third-order valence-corrected chi connectivity index (χ3v) is 12.5. The average molecular weight is 755 g/mol. The summed E-state index contributed by atoms with van der Waals surface area (Å²) in [5.41, 5.74) is 19.4. The van der Waals surface area contributed by atoms with E-state index in [9.17, 15) is 0 Å². The van der Waals surface area contributed by atoms with Crippen LogP contribution in [0, 0.1) is 0 Å². The van der Waals surface area contributed by atoms with E-state index in [4.69, 9.17) is 4.42 Å². The van der Waals surface area contributed by atoms with E-state index in [1.165, 1.54) is 61.5 Å². The zero-order valence-electron chi connectivity index (χ0n) is 35.2. The fourth-order valence-corrected chi connectivity index (χ4v) is 9.27. The second-order valence-corrected chi connectivity index (χ2v) is 19.5. The maximum Gasteiger partial charge on any atom is 0.252 e. The molecular weight excluding hydrogens is 703 g/mol. The van der Waals surface area contributed by atoms with Crippen molar-refractivity contribution in [2.24, 2.45) is 0 Å². The molecule has 0 fully saturated rings. The monoisotopic (exact) mass is 754 g/mol. The normalized spacial score (nSPS) is 13.8. The highest BCUT2D eigenvalue weighted by atomic mass is 16.3. The first-order valence-electron chi connectivity index (χ1n) is 20.8. The summed E-state index contributed by atoms with van der Waals surface area (Å²) in [6, 6.07) is 54.6. The first-order chi connectivity index (χ1) is 27.6. The van der Waals surface area contributed by atoms with E-state index in [0.29, 0.717) is 0 Å². The summed E-state index contributed by atoms with van der Waals surface area (Å²) in [6.45, 7) is 20.9. The third-order valence-electron chi connectivity index (χ3n) is 12.5. The van der Waals surface area contributed by atoms with Gasteiger partial charge in [-0.2, -0.15) is 0 Å². The molecule has 0 N–H and O–H groups in total. The number of fused-ring (bicyclic) bond motifs is 7. The molecule has 286 valence electrons. The minimum atomic E-state index is -0.0134. The second kappa shape index (κ2) is 12.8. The van der Waals surface area contributed by atoms with Gasteiger partial charge in [-0.15, -0.1) is 0 Å². The smallest absolute Gasteiger partial charge is 0.252 e. The minimum Gasteiger partial charge on any atom is -0.456 e. The summed E-state index contributed by atoms with van der Waals surface area (Å²) in [4.78, 5) is 5.03. The summed E-state index contributed by atoms with van der Waals surface area (Å²) in [7, 11) is 0. The molecular formula is C54H51BN2O. The van der Waals surface area contributed by atoms with Gasteiger partial charge >= 0.3 is 0 Å². The Bertz CT molecular complexity index is 2920. The molecule has 0 atom stereocenters. The standard InChI is InChI=1S/C54H51BN2O/c1-52(2,3)36-21-25-39(26-22-36)56-45-28-23-37(53(4,5)6)32-43(45)55-44-33-38(54(7,8)9)24-29-46(44)57(48-18-13-17-47(56)51(48)55)40-15-12-14-34(30-40)35-20-27-42-41-16-10-11-19-49(41)58-50(42)31-35/h10-33H,1-9H3. The van der Waals surface area contributed by atoms with Crippen molar-refractivity contribution in [3.05, 3.63) is 162 Å². The number of benzene rings is 7. The van der Waals surface area contributed by atoms with Crippen molar-refractivity contribution >= 4 is 79.2 Å². The van der Waals surface area contributed by atoms with Gasteiger partial charge in [-0.1, -0.05) is 141 Å². The van der Waals surface area contributed by atoms with Crippen LogP contribution in [0.25, 0.3) is 33.1 Å². The predicted molar refractivity (Wildman–Crippen MR) is 249 cm³/mol. The molecule has 0 amide bonds. The highest BCUT2D eigenvalue weighted by Gasteiger charge is 2.44. The molecule has 0 saturated carbocycles. The SMILES string of the molecule is CC(C)(C)c1ccc(N2c3ccc(C(C)(C)C)cc3B3c4cc(C(C)(C)C)ccc4N(c4cccc(-c5ccc6c(c5)oc5ccccc56)c4)c4cccc2c43)cc1. The largest absolute Gasteiger partial charge is 0.456 e. The fraction of sp³-hybridized carbons (Fsp3) is 0.222. The van der Waals surface area contributed by atoms with Crippen molar-refractivity contribution in [2.45, 2.75) is 78.6 Å². The Morgan fingerprint density at radius 2 is 0.931 bits per heavy atom. The lowest BCUT2D eigenvalue weighted by atomic mass is 9.33. The van der Waals surface area contributed by atoms with Crippen molar-refractivity contribution < 1.29 is 4.42 Å². The number of furan rings is 1. The third kappa shape index (κ3) is 5.79. The predicted octanol–water partition coefficient (Wildman–Crippen LogP) is 13.2. The van der Waals surface area contributed by atoms with Gasteiger partial charge in [-0.25, -0.2) is 0 Å². The summed E-state index contributed by atoms with van der Waals surface area (Å²) >= 11 is 0. The maximum absolute atomic E-state index is 6.35. The lowest BCUT2D eigenvalue weighted by Gasteiger charge is -2.45. The Hall–Kier alpha value is -6.00. The number of nitrogens with zero attached hydrogens (tertiary/aromatic N) is 2.